The number of ether oxygens (including phenoxy) is 1. The van der Waals surface area contributed by atoms with Gasteiger partial charge in [0, 0.05) is 52.0 Å². The first-order valence-corrected chi connectivity index (χ1v) is 6.30. The quantitative estimate of drug-likeness (QED) is 0.669. The van der Waals surface area contributed by atoms with Gasteiger partial charge in [-0.1, -0.05) is 0 Å². The van der Waals surface area contributed by atoms with Crippen molar-refractivity contribution in [3.05, 3.63) is 0 Å². The van der Waals surface area contributed by atoms with Crippen molar-refractivity contribution in [3.8, 4) is 0 Å². The highest BCUT2D eigenvalue weighted by Crippen LogP contribution is 2.09. The van der Waals surface area contributed by atoms with Crippen LogP contribution in [0.5, 0.6) is 0 Å². The van der Waals surface area contributed by atoms with Gasteiger partial charge in [-0.3, -0.25) is 4.90 Å². The number of nitrogens with two attached hydrogens (primary N) is 1. The average Bonchev–Trinajstić information content (AvgIpc) is 2.23. The maximum absolute atomic E-state index is 6.13. The van der Waals surface area contributed by atoms with Crippen LogP contribution in [0.25, 0.3) is 0 Å². The summed E-state index contributed by atoms with van der Waals surface area (Å²) < 4.78 is 5.04. The van der Waals surface area contributed by atoms with E-state index in [2.05, 4.69) is 23.8 Å². The van der Waals surface area contributed by atoms with E-state index < -0.39 is 0 Å². The number of rotatable bonds is 6. The lowest BCUT2D eigenvalue weighted by Crippen LogP contribution is -2.53. The normalized spacial score (nSPS) is 25.9. The third kappa shape index (κ3) is 4.78. The predicted octanol–water partition coefficient (Wildman–Crippen LogP) is 0.376. The van der Waals surface area contributed by atoms with Crippen molar-refractivity contribution in [2.75, 3.05) is 46.9 Å². The zero-order valence-corrected chi connectivity index (χ0v) is 11.0. The molecule has 2 unspecified atom stereocenters. The van der Waals surface area contributed by atoms with Gasteiger partial charge >= 0.3 is 0 Å². The molecule has 0 bridgehead atoms. The van der Waals surface area contributed by atoms with E-state index in [4.69, 9.17) is 10.5 Å². The molecule has 1 saturated heterocycles. The second kappa shape index (κ2) is 7.22. The van der Waals surface area contributed by atoms with Gasteiger partial charge in [-0.25, -0.2) is 0 Å². The Hall–Kier alpha value is -0.160. The van der Waals surface area contributed by atoms with Crippen molar-refractivity contribution < 1.29 is 4.74 Å². The molecule has 1 fully saturated rings. The molecule has 96 valence electrons. The molecule has 0 aromatic carbocycles. The Morgan fingerprint density at radius 3 is 2.81 bits per heavy atom. The first-order chi connectivity index (χ1) is 7.63. The molecule has 0 aromatic heterocycles. The molecule has 0 saturated carbocycles. The SMILES string of the molecule is COCCCC(N)CN1CCN(C)CC1C. The minimum absolute atomic E-state index is 0.293. The fraction of sp³-hybridized carbons (Fsp3) is 1.00. The van der Waals surface area contributed by atoms with Gasteiger partial charge in [0.05, 0.1) is 0 Å². The molecule has 4 heteroatoms. The van der Waals surface area contributed by atoms with Crippen LogP contribution in [0.1, 0.15) is 19.8 Å². The van der Waals surface area contributed by atoms with E-state index in [1.165, 1.54) is 0 Å². The minimum atomic E-state index is 0.293. The van der Waals surface area contributed by atoms with Gasteiger partial charge in [0.15, 0.2) is 0 Å². The van der Waals surface area contributed by atoms with Crippen LogP contribution in [-0.2, 0) is 4.74 Å². The Morgan fingerprint density at radius 1 is 1.44 bits per heavy atom. The molecule has 1 aliphatic rings. The van der Waals surface area contributed by atoms with Crippen LogP contribution in [-0.4, -0.2) is 68.8 Å². The molecule has 0 aliphatic carbocycles. The standard InChI is InChI=1S/C12H27N3O/c1-11-9-14(2)6-7-15(11)10-12(13)5-4-8-16-3/h11-12H,4-10,13H2,1-3H3. The lowest BCUT2D eigenvalue weighted by atomic mass is 10.1. The van der Waals surface area contributed by atoms with Crippen LogP contribution in [0.3, 0.4) is 0 Å². The second-order valence-electron chi connectivity index (χ2n) is 5.00. The number of likely N-dealkylation sites (N-methyl/N-ethyl adjacent to an activating group) is 1. The predicted molar refractivity (Wildman–Crippen MR) is 67.6 cm³/mol. The fourth-order valence-electron chi connectivity index (χ4n) is 2.33. The molecule has 0 spiro atoms. The Balaban J connectivity index is 2.19. The van der Waals surface area contributed by atoms with Gasteiger partial charge in [0.2, 0.25) is 0 Å². The van der Waals surface area contributed by atoms with Gasteiger partial charge in [0.25, 0.3) is 0 Å². The van der Waals surface area contributed by atoms with Crippen molar-refractivity contribution in [1.29, 1.82) is 0 Å². The van der Waals surface area contributed by atoms with Crippen molar-refractivity contribution in [1.82, 2.24) is 9.80 Å². The van der Waals surface area contributed by atoms with E-state index in [0.29, 0.717) is 12.1 Å². The number of piperazine rings is 1. The molecule has 0 radical (unpaired) electrons. The summed E-state index contributed by atoms with van der Waals surface area (Å²) in [5.41, 5.74) is 6.13. The molecule has 2 N–H and O–H groups in total. The number of hydrogen-bond donors (Lipinski definition) is 1. The van der Waals surface area contributed by atoms with Crippen LogP contribution in [0.15, 0.2) is 0 Å². The summed E-state index contributed by atoms with van der Waals surface area (Å²) in [6.07, 6.45) is 2.13. The van der Waals surface area contributed by atoms with E-state index in [-0.39, 0.29) is 0 Å². The summed E-state index contributed by atoms with van der Waals surface area (Å²) >= 11 is 0. The van der Waals surface area contributed by atoms with Crippen LogP contribution in [0.4, 0.5) is 0 Å². The summed E-state index contributed by atoms with van der Waals surface area (Å²) in [5, 5.41) is 0. The van der Waals surface area contributed by atoms with Crippen LogP contribution in [0.2, 0.25) is 0 Å². The van der Waals surface area contributed by atoms with E-state index in [1.807, 2.05) is 0 Å². The maximum atomic E-state index is 6.13. The van der Waals surface area contributed by atoms with Gasteiger partial charge in [0.1, 0.15) is 0 Å². The van der Waals surface area contributed by atoms with Crippen LogP contribution < -0.4 is 5.73 Å². The van der Waals surface area contributed by atoms with Crippen LogP contribution >= 0.6 is 0 Å². The highest BCUT2D eigenvalue weighted by atomic mass is 16.5. The molecule has 0 aromatic rings. The number of nitrogens with zero attached hydrogens (tertiary/aromatic N) is 2. The molecule has 16 heavy (non-hydrogen) atoms. The molecule has 0 amide bonds. The molecular weight excluding hydrogens is 202 g/mol. The lowest BCUT2D eigenvalue weighted by molar-refractivity contribution is 0.0921. The monoisotopic (exact) mass is 229 g/mol. The summed E-state index contributed by atoms with van der Waals surface area (Å²) in [7, 11) is 3.93. The molecular formula is C12H27N3O. The molecule has 1 heterocycles. The number of methoxy groups -OCH3 is 1. The maximum Gasteiger partial charge on any atom is 0.0462 e. The highest BCUT2D eigenvalue weighted by molar-refractivity contribution is 4.80. The first-order valence-electron chi connectivity index (χ1n) is 6.30. The Bertz CT molecular complexity index is 189. The van der Waals surface area contributed by atoms with Crippen LogP contribution in [0, 0.1) is 0 Å². The number of hydrogen-bond acceptors (Lipinski definition) is 4. The molecule has 1 aliphatic heterocycles. The van der Waals surface area contributed by atoms with Crippen molar-refractivity contribution in [2.24, 2.45) is 5.73 Å². The first kappa shape index (κ1) is 13.9. The fourth-order valence-corrected chi connectivity index (χ4v) is 2.33. The van der Waals surface area contributed by atoms with Gasteiger partial charge in [-0.05, 0) is 26.8 Å². The largest absolute Gasteiger partial charge is 0.385 e. The van der Waals surface area contributed by atoms with E-state index in [1.54, 1.807) is 7.11 Å². The Morgan fingerprint density at radius 2 is 2.19 bits per heavy atom. The highest BCUT2D eigenvalue weighted by Gasteiger charge is 2.22. The van der Waals surface area contributed by atoms with Gasteiger partial charge in [-0.2, -0.15) is 0 Å². The lowest BCUT2D eigenvalue weighted by Gasteiger charge is -2.39. The summed E-state index contributed by atoms with van der Waals surface area (Å²) in [6, 6.07) is 0.924. The van der Waals surface area contributed by atoms with E-state index in [9.17, 15) is 0 Å². The van der Waals surface area contributed by atoms with Gasteiger partial charge in [-0.15, -0.1) is 0 Å². The smallest absolute Gasteiger partial charge is 0.0462 e. The zero-order valence-electron chi connectivity index (χ0n) is 11.0. The summed E-state index contributed by atoms with van der Waals surface area (Å²) in [5.74, 6) is 0. The topological polar surface area (TPSA) is 41.7 Å². The van der Waals surface area contributed by atoms with E-state index >= 15 is 0 Å². The van der Waals surface area contributed by atoms with Crippen molar-refractivity contribution in [3.63, 3.8) is 0 Å². The second-order valence-corrected chi connectivity index (χ2v) is 5.00. The summed E-state index contributed by atoms with van der Waals surface area (Å²) in [4.78, 5) is 4.90. The zero-order chi connectivity index (χ0) is 12.0. The Labute approximate surface area is 99.7 Å². The molecule has 4 nitrogen and oxygen atoms in total. The minimum Gasteiger partial charge on any atom is -0.385 e. The molecule has 2 atom stereocenters. The summed E-state index contributed by atoms with van der Waals surface area (Å²) in [6.45, 7) is 7.61. The van der Waals surface area contributed by atoms with Crippen molar-refractivity contribution >= 4 is 0 Å². The molecule has 1 rings (SSSR count). The van der Waals surface area contributed by atoms with Crippen molar-refractivity contribution in [2.45, 2.75) is 31.8 Å². The van der Waals surface area contributed by atoms with Gasteiger partial charge < -0.3 is 15.4 Å². The average molecular weight is 229 g/mol. The third-order valence-corrected chi connectivity index (χ3v) is 3.36. The third-order valence-electron chi connectivity index (χ3n) is 3.36. The van der Waals surface area contributed by atoms with E-state index in [0.717, 1.165) is 45.6 Å². The Kier molecular flexibility index (Phi) is 6.28.